The van der Waals surface area contributed by atoms with Gasteiger partial charge in [0, 0.05) is 7.05 Å². The highest BCUT2D eigenvalue weighted by atomic mass is 32.1. The highest BCUT2D eigenvalue weighted by Crippen LogP contribution is 2.17. The Kier molecular flexibility index (Phi) is 3.66. The van der Waals surface area contributed by atoms with Crippen LogP contribution in [-0.2, 0) is 4.79 Å². The third kappa shape index (κ3) is 2.90. The molecule has 2 amide bonds. The number of hydrogen-bond acceptors (Lipinski definition) is 5. The first kappa shape index (κ1) is 13.4. The number of hydrogen-bond donors (Lipinski definition) is 2. The van der Waals surface area contributed by atoms with Crippen LogP contribution in [0.1, 0.15) is 18.9 Å². The minimum atomic E-state index is -1.29. The SMILES string of the molecule is Cc1nnc(NC(=O)N(C)C(C)(C)C(=O)O)s1. The van der Waals surface area contributed by atoms with Crippen molar-refractivity contribution in [2.24, 2.45) is 0 Å². The number of aliphatic carboxylic acids is 1. The molecule has 0 aliphatic heterocycles. The zero-order valence-corrected chi connectivity index (χ0v) is 10.8. The average Bonchev–Trinajstić information content (AvgIpc) is 2.62. The summed E-state index contributed by atoms with van der Waals surface area (Å²) in [6.07, 6.45) is 0. The molecule has 0 aromatic carbocycles. The summed E-state index contributed by atoms with van der Waals surface area (Å²) in [4.78, 5) is 23.8. The molecule has 0 atom stereocenters. The maximum Gasteiger partial charge on any atom is 0.329 e. The van der Waals surface area contributed by atoms with E-state index in [1.807, 2.05) is 0 Å². The van der Waals surface area contributed by atoms with E-state index in [1.54, 1.807) is 6.92 Å². The Morgan fingerprint density at radius 3 is 2.41 bits per heavy atom. The van der Waals surface area contributed by atoms with Crippen LogP contribution in [0, 0.1) is 6.92 Å². The molecule has 1 aromatic heterocycles. The lowest BCUT2D eigenvalue weighted by Crippen LogP contribution is -2.52. The molecule has 0 spiro atoms. The number of carbonyl (C=O) groups is 2. The zero-order chi connectivity index (χ0) is 13.2. The van der Waals surface area contributed by atoms with Gasteiger partial charge in [-0.05, 0) is 20.8 Å². The van der Waals surface area contributed by atoms with Crippen molar-refractivity contribution in [3.63, 3.8) is 0 Å². The normalized spacial score (nSPS) is 11.1. The Morgan fingerprint density at radius 1 is 1.41 bits per heavy atom. The third-order valence-electron chi connectivity index (χ3n) is 2.41. The molecule has 8 heteroatoms. The molecule has 0 aliphatic carbocycles. The molecule has 94 valence electrons. The summed E-state index contributed by atoms with van der Waals surface area (Å²) in [7, 11) is 1.41. The second-order valence-electron chi connectivity index (χ2n) is 3.98. The predicted molar refractivity (Wildman–Crippen MR) is 63.1 cm³/mol. The van der Waals surface area contributed by atoms with Crippen LogP contribution >= 0.6 is 11.3 Å². The molecule has 0 radical (unpaired) electrons. The van der Waals surface area contributed by atoms with E-state index in [0.717, 1.165) is 9.91 Å². The van der Waals surface area contributed by atoms with Crippen LogP contribution in [-0.4, -0.2) is 44.8 Å². The maximum atomic E-state index is 11.8. The van der Waals surface area contributed by atoms with Crippen molar-refractivity contribution in [2.75, 3.05) is 12.4 Å². The number of rotatable bonds is 3. The van der Waals surface area contributed by atoms with Gasteiger partial charge in [0.2, 0.25) is 5.13 Å². The first-order valence-corrected chi connectivity index (χ1v) is 5.65. The topological polar surface area (TPSA) is 95.4 Å². The second kappa shape index (κ2) is 4.66. The molecule has 1 heterocycles. The molecular formula is C9H14N4O3S. The summed E-state index contributed by atoms with van der Waals surface area (Å²) in [5, 5.41) is 20.0. The van der Waals surface area contributed by atoms with E-state index in [0.29, 0.717) is 5.13 Å². The first-order valence-electron chi connectivity index (χ1n) is 4.83. The van der Waals surface area contributed by atoms with E-state index >= 15 is 0 Å². The number of aryl methyl sites for hydroxylation is 1. The molecule has 7 nitrogen and oxygen atoms in total. The predicted octanol–water partition coefficient (Wildman–Crippen LogP) is 1.17. The standard InChI is InChI=1S/C9H14N4O3S/c1-5-11-12-7(17-5)10-8(16)13(4)9(2,3)6(14)15/h1-4H3,(H,14,15)(H,10,12,16). The number of likely N-dealkylation sites (N-methyl/N-ethyl adjacent to an activating group) is 1. The van der Waals surface area contributed by atoms with Gasteiger partial charge in [0.05, 0.1) is 0 Å². The van der Waals surface area contributed by atoms with Crippen molar-refractivity contribution in [3.05, 3.63) is 5.01 Å². The Labute approximate surface area is 102 Å². The number of amides is 2. The van der Waals surface area contributed by atoms with Crippen LogP contribution < -0.4 is 5.32 Å². The zero-order valence-electron chi connectivity index (χ0n) is 10.0. The van der Waals surface area contributed by atoms with Gasteiger partial charge in [-0.25, -0.2) is 9.59 Å². The Bertz CT molecular complexity index is 443. The van der Waals surface area contributed by atoms with Gasteiger partial charge in [-0.1, -0.05) is 11.3 Å². The molecule has 0 bridgehead atoms. The van der Waals surface area contributed by atoms with Crippen molar-refractivity contribution >= 4 is 28.5 Å². The van der Waals surface area contributed by atoms with Crippen molar-refractivity contribution < 1.29 is 14.7 Å². The van der Waals surface area contributed by atoms with Crippen LogP contribution in [0.3, 0.4) is 0 Å². The molecule has 0 fully saturated rings. The maximum absolute atomic E-state index is 11.8. The molecule has 0 aliphatic rings. The van der Waals surface area contributed by atoms with Crippen molar-refractivity contribution in [1.82, 2.24) is 15.1 Å². The largest absolute Gasteiger partial charge is 0.480 e. The summed E-state index contributed by atoms with van der Waals surface area (Å²) in [5.74, 6) is -1.08. The van der Waals surface area contributed by atoms with Gasteiger partial charge in [-0.15, -0.1) is 10.2 Å². The monoisotopic (exact) mass is 258 g/mol. The fourth-order valence-electron chi connectivity index (χ4n) is 0.920. The van der Waals surface area contributed by atoms with Gasteiger partial charge >= 0.3 is 12.0 Å². The highest BCUT2D eigenvalue weighted by Gasteiger charge is 2.35. The fourth-order valence-corrected chi connectivity index (χ4v) is 1.50. The lowest BCUT2D eigenvalue weighted by molar-refractivity contribution is -0.146. The number of nitrogens with one attached hydrogen (secondary N) is 1. The molecule has 2 N–H and O–H groups in total. The van der Waals surface area contributed by atoms with Gasteiger partial charge in [0.1, 0.15) is 10.5 Å². The summed E-state index contributed by atoms with van der Waals surface area (Å²) >= 11 is 1.22. The van der Waals surface area contributed by atoms with Crippen molar-refractivity contribution in [1.29, 1.82) is 0 Å². The van der Waals surface area contributed by atoms with Crippen molar-refractivity contribution in [3.8, 4) is 0 Å². The van der Waals surface area contributed by atoms with E-state index in [2.05, 4.69) is 15.5 Å². The van der Waals surface area contributed by atoms with Gasteiger partial charge in [-0.2, -0.15) is 0 Å². The average molecular weight is 258 g/mol. The summed E-state index contributed by atoms with van der Waals surface area (Å²) in [6.45, 7) is 4.65. The van der Waals surface area contributed by atoms with E-state index in [4.69, 9.17) is 5.11 Å². The van der Waals surface area contributed by atoms with Crippen LogP contribution in [0.4, 0.5) is 9.93 Å². The molecule has 1 rings (SSSR count). The molecule has 17 heavy (non-hydrogen) atoms. The number of aromatic nitrogens is 2. The highest BCUT2D eigenvalue weighted by molar-refractivity contribution is 7.15. The minimum absolute atomic E-state index is 0.348. The van der Waals surface area contributed by atoms with E-state index in [1.165, 1.54) is 32.2 Å². The minimum Gasteiger partial charge on any atom is -0.480 e. The first-order chi connectivity index (χ1) is 7.75. The van der Waals surface area contributed by atoms with Gasteiger partial charge in [0.25, 0.3) is 0 Å². The number of carboxylic acid groups (broad SMARTS) is 1. The molecule has 0 unspecified atom stereocenters. The lowest BCUT2D eigenvalue weighted by atomic mass is 10.1. The summed E-state index contributed by atoms with van der Waals surface area (Å²) < 4.78 is 0. The second-order valence-corrected chi connectivity index (χ2v) is 5.16. The van der Waals surface area contributed by atoms with Gasteiger partial charge in [0.15, 0.2) is 0 Å². The molecule has 0 saturated heterocycles. The number of anilines is 1. The van der Waals surface area contributed by atoms with Crippen LogP contribution in [0.25, 0.3) is 0 Å². The van der Waals surface area contributed by atoms with Crippen LogP contribution in [0.15, 0.2) is 0 Å². The quantitative estimate of drug-likeness (QED) is 0.848. The van der Waals surface area contributed by atoms with Crippen LogP contribution in [0.2, 0.25) is 0 Å². The van der Waals surface area contributed by atoms with E-state index < -0.39 is 17.5 Å². The van der Waals surface area contributed by atoms with E-state index in [-0.39, 0.29) is 0 Å². The Balaban J connectivity index is 2.74. The Hall–Kier alpha value is -1.70. The van der Waals surface area contributed by atoms with Crippen molar-refractivity contribution in [2.45, 2.75) is 26.3 Å². The van der Waals surface area contributed by atoms with Gasteiger partial charge in [-0.3, -0.25) is 5.32 Å². The lowest BCUT2D eigenvalue weighted by Gasteiger charge is -2.30. The summed E-state index contributed by atoms with van der Waals surface area (Å²) in [5.41, 5.74) is -1.29. The Morgan fingerprint density at radius 2 is 2.00 bits per heavy atom. The van der Waals surface area contributed by atoms with E-state index in [9.17, 15) is 9.59 Å². The molecule has 0 saturated carbocycles. The number of carbonyl (C=O) groups excluding carboxylic acids is 1. The summed E-state index contributed by atoms with van der Waals surface area (Å²) in [6, 6.07) is -0.534. The molecular weight excluding hydrogens is 244 g/mol. The smallest absolute Gasteiger partial charge is 0.329 e. The fraction of sp³-hybridized carbons (Fsp3) is 0.556. The number of nitrogens with zero attached hydrogens (tertiary/aromatic N) is 3. The van der Waals surface area contributed by atoms with Crippen LogP contribution in [0.5, 0.6) is 0 Å². The number of urea groups is 1. The third-order valence-corrected chi connectivity index (χ3v) is 3.16. The molecule has 1 aromatic rings. The van der Waals surface area contributed by atoms with Gasteiger partial charge < -0.3 is 10.0 Å². The number of carboxylic acids is 1.